The number of nitro groups is 1. The molecule has 1 aromatic carbocycles. The molecule has 1 saturated carbocycles. The third kappa shape index (κ3) is 2.60. The number of rotatable bonds is 3. The summed E-state index contributed by atoms with van der Waals surface area (Å²) in [7, 11) is 0. The number of halogens is 1. The van der Waals surface area contributed by atoms with Gasteiger partial charge < -0.3 is 0 Å². The molecular formula is C13H16ClNO2. The molecular weight excluding hydrogens is 238 g/mol. The number of alkyl halides is 1. The highest BCUT2D eigenvalue weighted by atomic mass is 35.5. The Balaban J connectivity index is 2.21. The van der Waals surface area contributed by atoms with Crippen LogP contribution in [0.25, 0.3) is 0 Å². The van der Waals surface area contributed by atoms with Gasteiger partial charge in [-0.15, -0.1) is 11.6 Å². The van der Waals surface area contributed by atoms with E-state index >= 15 is 0 Å². The van der Waals surface area contributed by atoms with Gasteiger partial charge in [-0.25, -0.2) is 0 Å². The first-order chi connectivity index (χ1) is 8.09. The summed E-state index contributed by atoms with van der Waals surface area (Å²) in [6.45, 7) is 1.83. The predicted molar refractivity (Wildman–Crippen MR) is 68.5 cm³/mol. The van der Waals surface area contributed by atoms with E-state index in [-0.39, 0.29) is 16.0 Å². The molecule has 4 heteroatoms. The molecule has 0 aromatic heterocycles. The van der Waals surface area contributed by atoms with Crippen LogP contribution < -0.4 is 0 Å². The average Bonchev–Trinajstić information content (AvgIpc) is 2.67. The minimum absolute atomic E-state index is 0.214. The number of nitrogens with zero attached hydrogens (tertiary/aromatic N) is 1. The quantitative estimate of drug-likeness (QED) is 0.466. The number of benzene rings is 1. The lowest BCUT2D eigenvalue weighted by Crippen LogP contribution is -2.11. The van der Waals surface area contributed by atoms with E-state index in [0.29, 0.717) is 5.92 Å². The van der Waals surface area contributed by atoms with Crippen LogP contribution >= 0.6 is 11.6 Å². The zero-order valence-electron chi connectivity index (χ0n) is 9.86. The summed E-state index contributed by atoms with van der Waals surface area (Å²) in [4.78, 5) is 10.5. The minimum Gasteiger partial charge on any atom is -0.258 e. The summed E-state index contributed by atoms with van der Waals surface area (Å²) < 4.78 is 0. The van der Waals surface area contributed by atoms with Crippen molar-refractivity contribution in [2.75, 3.05) is 0 Å². The molecule has 0 spiro atoms. The second kappa shape index (κ2) is 5.05. The van der Waals surface area contributed by atoms with Crippen LogP contribution in [0.3, 0.4) is 0 Å². The molecule has 92 valence electrons. The van der Waals surface area contributed by atoms with E-state index in [2.05, 4.69) is 0 Å². The Labute approximate surface area is 106 Å². The summed E-state index contributed by atoms with van der Waals surface area (Å²) in [5.41, 5.74) is 2.07. The predicted octanol–water partition coefficient (Wildman–Crippen LogP) is 3.85. The Bertz CT molecular complexity index is 433. The van der Waals surface area contributed by atoms with E-state index < -0.39 is 0 Å². The fraction of sp³-hybridized carbons (Fsp3) is 0.538. The molecule has 0 saturated heterocycles. The van der Waals surface area contributed by atoms with Crippen molar-refractivity contribution in [3.05, 3.63) is 39.4 Å². The molecule has 2 rings (SSSR count). The summed E-state index contributed by atoms with van der Waals surface area (Å²) in [6, 6.07) is 5.30. The number of hydrogen-bond acceptors (Lipinski definition) is 2. The highest BCUT2D eigenvalue weighted by molar-refractivity contribution is 6.20. The van der Waals surface area contributed by atoms with Gasteiger partial charge in [-0.1, -0.05) is 18.6 Å². The first kappa shape index (κ1) is 12.4. The van der Waals surface area contributed by atoms with Gasteiger partial charge in [-0.05, 0) is 37.7 Å². The molecule has 1 aliphatic carbocycles. The molecule has 2 atom stereocenters. The van der Waals surface area contributed by atoms with Gasteiger partial charge in [-0.2, -0.15) is 0 Å². The molecule has 0 heterocycles. The normalized spacial score (nSPS) is 23.9. The second-order valence-corrected chi connectivity index (χ2v) is 5.29. The smallest absolute Gasteiger partial charge is 0.258 e. The van der Waals surface area contributed by atoms with Crippen molar-refractivity contribution in [2.45, 2.75) is 38.0 Å². The first-order valence-electron chi connectivity index (χ1n) is 5.96. The van der Waals surface area contributed by atoms with Gasteiger partial charge in [0, 0.05) is 17.0 Å². The molecule has 2 unspecified atom stereocenters. The van der Waals surface area contributed by atoms with E-state index in [0.717, 1.165) is 30.4 Å². The SMILES string of the molecule is Cc1c(CC2CCCC2Cl)cccc1[N+](=O)[O-]. The maximum atomic E-state index is 10.9. The van der Waals surface area contributed by atoms with Crippen LogP contribution in [0.15, 0.2) is 18.2 Å². The molecule has 0 aliphatic heterocycles. The molecule has 17 heavy (non-hydrogen) atoms. The third-order valence-corrected chi connectivity index (χ3v) is 4.24. The highest BCUT2D eigenvalue weighted by Gasteiger charge is 2.26. The fourth-order valence-corrected chi connectivity index (χ4v) is 2.96. The Morgan fingerprint density at radius 1 is 1.47 bits per heavy atom. The minimum atomic E-state index is -0.314. The molecule has 1 fully saturated rings. The summed E-state index contributed by atoms with van der Waals surface area (Å²) >= 11 is 6.25. The van der Waals surface area contributed by atoms with Crippen molar-refractivity contribution >= 4 is 17.3 Å². The zero-order valence-corrected chi connectivity index (χ0v) is 10.6. The van der Waals surface area contributed by atoms with Crippen molar-refractivity contribution in [1.82, 2.24) is 0 Å². The summed E-state index contributed by atoms with van der Waals surface area (Å²) in [5, 5.41) is 11.1. The number of nitro benzene ring substituents is 1. The lowest BCUT2D eigenvalue weighted by atomic mass is 9.94. The van der Waals surface area contributed by atoms with E-state index in [4.69, 9.17) is 11.6 Å². The largest absolute Gasteiger partial charge is 0.272 e. The lowest BCUT2D eigenvalue weighted by molar-refractivity contribution is -0.385. The molecule has 0 N–H and O–H groups in total. The van der Waals surface area contributed by atoms with Gasteiger partial charge >= 0.3 is 0 Å². The molecule has 1 aromatic rings. The fourth-order valence-electron chi connectivity index (χ4n) is 2.59. The van der Waals surface area contributed by atoms with Crippen LogP contribution in [-0.2, 0) is 6.42 Å². The molecule has 1 aliphatic rings. The van der Waals surface area contributed by atoms with Gasteiger partial charge in [0.25, 0.3) is 5.69 Å². The number of hydrogen-bond donors (Lipinski definition) is 0. The van der Waals surface area contributed by atoms with Gasteiger partial charge in [0.05, 0.1) is 4.92 Å². The van der Waals surface area contributed by atoms with E-state index in [9.17, 15) is 10.1 Å². The Hall–Kier alpha value is -1.09. The van der Waals surface area contributed by atoms with Crippen LogP contribution in [0.4, 0.5) is 5.69 Å². The van der Waals surface area contributed by atoms with Crippen LogP contribution in [0.1, 0.15) is 30.4 Å². The van der Waals surface area contributed by atoms with Crippen molar-refractivity contribution < 1.29 is 4.92 Å². The van der Waals surface area contributed by atoms with Crippen molar-refractivity contribution in [1.29, 1.82) is 0 Å². The second-order valence-electron chi connectivity index (χ2n) is 4.73. The molecule has 3 nitrogen and oxygen atoms in total. The van der Waals surface area contributed by atoms with Crippen molar-refractivity contribution in [2.24, 2.45) is 5.92 Å². The molecule has 0 amide bonds. The highest BCUT2D eigenvalue weighted by Crippen LogP contribution is 2.34. The van der Waals surface area contributed by atoms with E-state index in [1.807, 2.05) is 13.0 Å². The van der Waals surface area contributed by atoms with Gasteiger partial charge in [0.15, 0.2) is 0 Å². The Morgan fingerprint density at radius 3 is 2.82 bits per heavy atom. The van der Waals surface area contributed by atoms with Crippen LogP contribution in [-0.4, -0.2) is 10.3 Å². The topological polar surface area (TPSA) is 43.1 Å². The van der Waals surface area contributed by atoms with Gasteiger partial charge in [0.1, 0.15) is 0 Å². The zero-order chi connectivity index (χ0) is 12.4. The van der Waals surface area contributed by atoms with Gasteiger partial charge in [0.2, 0.25) is 0 Å². The van der Waals surface area contributed by atoms with Crippen LogP contribution in [0.5, 0.6) is 0 Å². The molecule has 0 radical (unpaired) electrons. The third-order valence-electron chi connectivity index (χ3n) is 3.66. The Kier molecular flexibility index (Phi) is 3.67. The van der Waals surface area contributed by atoms with E-state index in [1.165, 1.54) is 6.42 Å². The first-order valence-corrected chi connectivity index (χ1v) is 6.40. The van der Waals surface area contributed by atoms with Gasteiger partial charge in [-0.3, -0.25) is 10.1 Å². The van der Waals surface area contributed by atoms with Crippen molar-refractivity contribution in [3.63, 3.8) is 0 Å². The van der Waals surface area contributed by atoms with E-state index in [1.54, 1.807) is 12.1 Å². The summed E-state index contributed by atoms with van der Waals surface area (Å²) in [6.07, 6.45) is 4.24. The molecule has 0 bridgehead atoms. The standard InChI is InChI=1S/C13H16ClNO2/c1-9-10(4-3-7-13(9)15(16)17)8-11-5-2-6-12(11)14/h3-4,7,11-12H,2,5-6,8H2,1H3. The lowest BCUT2D eigenvalue weighted by Gasteiger charge is -2.15. The maximum Gasteiger partial charge on any atom is 0.272 e. The van der Waals surface area contributed by atoms with Crippen molar-refractivity contribution in [3.8, 4) is 0 Å². The summed E-state index contributed by atoms with van der Waals surface area (Å²) in [5.74, 6) is 0.470. The average molecular weight is 254 g/mol. The van der Waals surface area contributed by atoms with Crippen LogP contribution in [0, 0.1) is 23.0 Å². The Morgan fingerprint density at radius 2 is 2.24 bits per heavy atom. The maximum absolute atomic E-state index is 10.9. The van der Waals surface area contributed by atoms with Crippen LogP contribution in [0.2, 0.25) is 0 Å². The monoisotopic (exact) mass is 253 g/mol.